The number of hydrogen-bond acceptors (Lipinski definition) is 6. The predicted molar refractivity (Wildman–Crippen MR) is 94.7 cm³/mol. The summed E-state index contributed by atoms with van der Waals surface area (Å²) in [5.41, 5.74) is 1.86. The maximum absolute atomic E-state index is 12.0. The molecule has 1 fully saturated rings. The maximum Gasteiger partial charge on any atom is 0.248 e. The van der Waals surface area contributed by atoms with Crippen molar-refractivity contribution in [3.05, 3.63) is 42.0 Å². The number of likely N-dealkylation sites (tertiary alicyclic amines) is 1. The van der Waals surface area contributed by atoms with Crippen LogP contribution in [0.5, 0.6) is 0 Å². The second-order valence-electron chi connectivity index (χ2n) is 6.23. The van der Waals surface area contributed by atoms with E-state index in [9.17, 15) is 4.79 Å². The van der Waals surface area contributed by atoms with Crippen LogP contribution in [0.1, 0.15) is 30.1 Å². The molecule has 2 aromatic rings. The molecule has 1 N–H and O–H groups in total. The molecule has 2 aromatic heterocycles. The van der Waals surface area contributed by atoms with E-state index < -0.39 is 0 Å². The lowest BCUT2D eigenvalue weighted by molar-refractivity contribution is -0.136. The van der Waals surface area contributed by atoms with Crippen LogP contribution in [0.25, 0.3) is 0 Å². The van der Waals surface area contributed by atoms with E-state index in [0.717, 1.165) is 36.6 Å². The molecule has 0 spiro atoms. The zero-order chi connectivity index (χ0) is 17.6. The number of piperidine rings is 1. The topological polar surface area (TPSA) is 80.2 Å². The van der Waals surface area contributed by atoms with Crippen LogP contribution in [0.15, 0.2) is 30.6 Å². The minimum absolute atomic E-state index is 0.0315. The van der Waals surface area contributed by atoms with Crippen molar-refractivity contribution in [3.8, 4) is 0 Å². The normalized spacial score (nSPS) is 17.4. The lowest BCUT2D eigenvalue weighted by Crippen LogP contribution is -2.41. The molecule has 1 saturated heterocycles. The number of ether oxygens (including phenoxy) is 1. The molecule has 1 atom stereocenters. The standard InChI is InChI=1S/C18H23N5O2/c1-13-5-3-7-16(21-13)22-17-10-19-15(9-20-17)14-6-4-8-23(11-14)18(24)12-25-2/h3,5,7,9-10,14H,4,6,8,11-12H2,1-2H3,(H,20,21,22)/t14-/m0/s1. The van der Waals surface area contributed by atoms with Crippen molar-refractivity contribution < 1.29 is 9.53 Å². The first-order valence-electron chi connectivity index (χ1n) is 8.45. The molecule has 0 saturated carbocycles. The van der Waals surface area contributed by atoms with Crippen molar-refractivity contribution in [1.29, 1.82) is 0 Å². The molecule has 3 rings (SSSR count). The summed E-state index contributed by atoms with van der Waals surface area (Å²) in [4.78, 5) is 27.2. The van der Waals surface area contributed by atoms with Crippen molar-refractivity contribution in [2.45, 2.75) is 25.7 Å². The van der Waals surface area contributed by atoms with Crippen LogP contribution in [0, 0.1) is 6.92 Å². The van der Waals surface area contributed by atoms with Gasteiger partial charge in [-0.05, 0) is 31.9 Å². The number of carbonyl (C=O) groups excluding carboxylic acids is 1. The van der Waals surface area contributed by atoms with Crippen molar-refractivity contribution in [1.82, 2.24) is 19.9 Å². The molecule has 3 heterocycles. The molecule has 7 heteroatoms. The van der Waals surface area contributed by atoms with Crippen molar-refractivity contribution in [3.63, 3.8) is 0 Å². The Bertz CT molecular complexity index is 720. The van der Waals surface area contributed by atoms with Gasteiger partial charge in [0, 0.05) is 31.8 Å². The molecule has 0 bridgehead atoms. The summed E-state index contributed by atoms with van der Waals surface area (Å²) >= 11 is 0. The number of aromatic nitrogens is 3. The molecule has 0 aromatic carbocycles. The number of rotatable bonds is 5. The molecule has 0 radical (unpaired) electrons. The molecule has 0 unspecified atom stereocenters. The number of nitrogens with zero attached hydrogens (tertiary/aromatic N) is 4. The zero-order valence-electron chi connectivity index (χ0n) is 14.6. The highest BCUT2D eigenvalue weighted by atomic mass is 16.5. The average molecular weight is 341 g/mol. The fraction of sp³-hybridized carbons (Fsp3) is 0.444. The Labute approximate surface area is 147 Å². The molecule has 1 aliphatic rings. The summed E-state index contributed by atoms with van der Waals surface area (Å²) in [6.45, 7) is 3.53. The summed E-state index contributed by atoms with van der Waals surface area (Å²) in [7, 11) is 1.54. The van der Waals surface area contributed by atoms with E-state index >= 15 is 0 Å². The Morgan fingerprint density at radius 2 is 2.20 bits per heavy atom. The van der Waals surface area contributed by atoms with E-state index in [1.165, 1.54) is 0 Å². The first kappa shape index (κ1) is 17.3. The largest absolute Gasteiger partial charge is 0.375 e. The van der Waals surface area contributed by atoms with Gasteiger partial charge in [-0.1, -0.05) is 6.07 Å². The Kier molecular flexibility index (Phi) is 5.55. The fourth-order valence-corrected chi connectivity index (χ4v) is 3.02. The lowest BCUT2D eigenvalue weighted by Gasteiger charge is -2.32. The lowest BCUT2D eigenvalue weighted by atomic mass is 9.95. The number of methoxy groups -OCH3 is 1. The molecule has 132 valence electrons. The summed E-state index contributed by atoms with van der Waals surface area (Å²) in [5.74, 6) is 1.65. The molecule has 0 aliphatic carbocycles. The third-order valence-electron chi connectivity index (χ3n) is 4.28. The number of nitrogens with one attached hydrogen (secondary N) is 1. The predicted octanol–water partition coefficient (Wildman–Crippen LogP) is 2.28. The zero-order valence-corrected chi connectivity index (χ0v) is 14.6. The van der Waals surface area contributed by atoms with Gasteiger partial charge in [0.15, 0.2) is 0 Å². The molecule has 1 aliphatic heterocycles. The first-order valence-corrected chi connectivity index (χ1v) is 8.45. The van der Waals surface area contributed by atoms with Gasteiger partial charge in [-0.2, -0.15) is 0 Å². The third-order valence-corrected chi connectivity index (χ3v) is 4.28. The summed E-state index contributed by atoms with van der Waals surface area (Å²) in [5, 5.41) is 3.15. The quantitative estimate of drug-likeness (QED) is 0.899. The van der Waals surface area contributed by atoms with Gasteiger partial charge in [0.1, 0.15) is 18.2 Å². The van der Waals surface area contributed by atoms with Gasteiger partial charge in [0.25, 0.3) is 0 Å². The molecule has 1 amide bonds. The highest BCUT2D eigenvalue weighted by Crippen LogP contribution is 2.25. The van der Waals surface area contributed by atoms with Crippen molar-refractivity contribution >= 4 is 17.5 Å². The maximum atomic E-state index is 12.0. The van der Waals surface area contributed by atoms with Crippen LogP contribution < -0.4 is 5.32 Å². The molecule has 25 heavy (non-hydrogen) atoms. The minimum Gasteiger partial charge on any atom is -0.375 e. The monoisotopic (exact) mass is 341 g/mol. The van der Waals surface area contributed by atoms with Crippen LogP contribution >= 0.6 is 0 Å². The van der Waals surface area contributed by atoms with E-state index in [1.54, 1.807) is 19.5 Å². The highest BCUT2D eigenvalue weighted by Gasteiger charge is 2.25. The van der Waals surface area contributed by atoms with E-state index in [1.807, 2.05) is 30.0 Å². The van der Waals surface area contributed by atoms with Crippen molar-refractivity contribution in [2.24, 2.45) is 0 Å². The number of pyridine rings is 1. The number of hydrogen-bond donors (Lipinski definition) is 1. The third kappa shape index (κ3) is 4.51. The van der Waals surface area contributed by atoms with Gasteiger partial charge in [-0.25, -0.2) is 9.97 Å². The van der Waals surface area contributed by atoms with E-state index in [4.69, 9.17) is 4.74 Å². The number of carbonyl (C=O) groups is 1. The summed E-state index contributed by atoms with van der Waals surface area (Å²) in [6.07, 6.45) is 5.48. The van der Waals surface area contributed by atoms with Gasteiger partial charge in [-0.3, -0.25) is 9.78 Å². The summed E-state index contributed by atoms with van der Waals surface area (Å²) in [6, 6.07) is 5.78. The SMILES string of the molecule is COCC(=O)N1CCC[C@H](c2cnc(Nc3cccc(C)n3)cn2)C1. The van der Waals surface area contributed by atoms with Gasteiger partial charge in [0.2, 0.25) is 5.91 Å². The number of aryl methyl sites for hydroxylation is 1. The van der Waals surface area contributed by atoms with E-state index in [2.05, 4.69) is 20.3 Å². The Hall–Kier alpha value is -2.54. The second-order valence-corrected chi connectivity index (χ2v) is 6.23. The van der Waals surface area contributed by atoms with Crippen LogP contribution in [-0.2, 0) is 9.53 Å². The molecule has 7 nitrogen and oxygen atoms in total. The number of amides is 1. The van der Waals surface area contributed by atoms with Crippen LogP contribution in [0.4, 0.5) is 11.6 Å². The van der Waals surface area contributed by atoms with E-state index in [0.29, 0.717) is 12.4 Å². The fourth-order valence-electron chi connectivity index (χ4n) is 3.02. The van der Waals surface area contributed by atoms with Gasteiger partial charge in [0.05, 0.1) is 18.1 Å². The Balaban J connectivity index is 1.64. The van der Waals surface area contributed by atoms with Gasteiger partial charge < -0.3 is 15.0 Å². The average Bonchev–Trinajstić information content (AvgIpc) is 2.63. The smallest absolute Gasteiger partial charge is 0.248 e. The Morgan fingerprint density at radius 1 is 1.32 bits per heavy atom. The van der Waals surface area contributed by atoms with E-state index in [-0.39, 0.29) is 18.4 Å². The van der Waals surface area contributed by atoms with Crippen LogP contribution in [0.2, 0.25) is 0 Å². The number of anilines is 2. The van der Waals surface area contributed by atoms with Crippen LogP contribution in [-0.4, -0.2) is 52.6 Å². The van der Waals surface area contributed by atoms with Gasteiger partial charge in [-0.15, -0.1) is 0 Å². The van der Waals surface area contributed by atoms with Crippen molar-refractivity contribution in [2.75, 3.05) is 32.1 Å². The first-order chi connectivity index (χ1) is 12.2. The minimum atomic E-state index is 0.0315. The van der Waals surface area contributed by atoms with Crippen LogP contribution in [0.3, 0.4) is 0 Å². The molecular formula is C18H23N5O2. The Morgan fingerprint density at radius 3 is 2.92 bits per heavy atom. The summed E-state index contributed by atoms with van der Waals surface area (Å²) < 4.78 is 4.95. The second kappa shape index (κ2) is 8.02. The highest BCUT2D eigenvalue weighted by molar-refractivity contribution is 5.77. The van der Waals surface area contributed by atoms with Gasteiger partial charge >= 0.3 is 0 Å². The molecular weight excluding hydrogens is 318 g/mol.